The Labute approximate surface area is 220 Å². The second-order valence-corrected chi connectivity index (χ2v) is 10.1. The van der Waals surface area contributed by atoms with Crippen LogP contribution in [0.1, 0.15) is 59.5 Å². The van der Waals surface area contributed by atoms with E-state index in [1.807, 2.05) is 6.07 Å². The number of hydrogen-bond donors (Lipinski definition) is 4. The number of carbonyl (C=O) groups is 2. The van der Waals surface area contributed by atoms with E-state index in [-0.39, 0.29) is 29.4 Å². The molecule has 6 rings (SSSR count). The van der Waals surface area contributed by atoms with Gasteiger partial charge >= 0.3 is 0 Å². The van der Waals surface area contributed by atoms with Crippen molar-refractivity contribution >= 4 is 46.2 Å². The van der Waals surface area contributed by atoms with Gasteiger partial charge in [-0.25, -0.2) is 13.9 Å². The Morgan fingerprint density at radius 1 is 0.974 bits per heavy atom. The largest absolute Gasteiger partial charge is 0.379 e. The van der Waals surface area contributed by atoms with E-state index < -0.39 is 11.7 Å². The number of pyridine rings is 1. The molecule has 2 aliphatic rings. The fraction of sp³-hybridized carbons (Fsp3) is 0.375. The molecule has 196 valence electrons. The van der Waals surface area contributed by atoms with Gasteiger partial charge in [0, 0.05) is 35.8 Å². The number of anilines is 3. The third kappa shape index (κ3) is 5.25. The number of amides is 2. The zero-order valence-corrected chi connectivity index (χ0v) is 21.0. The van der Waals surface area contributed by atoms with Gasteiger partial charge in [0.2, 0.25) is 0 Å². The Bertz CT molecular complexity index is 1460. The monoisotopic (exact) mass is 536 g/mol. The molecule has 0 atom stereocenters. The minimum absolute atomic E-state index is 0.0282. The SMILES string of the molecule is O=C(N[C@H]1CC[C@H](Nc2cc(NC3CC3)c3ncc(C(=O)Nc4ccncc4F)n3n2)CC1)c1csnn1. The van der Waals surface area contributed by atoms with Crippen molar-refractivity contribution < 1.29 is 14.0 Å². The van der Waals surface area contributed by atoms with Crippen molar-refractivity contribution in [1.29, 1.82) is 0 Å². The lowest BCUT2D eigenvalue weighted by Gasteiger charge is -2.30. The standard InChI is InChI=1S/C24H25FN10O2S/c25-16-10-26-8-7-17(16)31-24(37)20-11-27-22-18(28-13-1-2-13)9-21(33-35(20)22)29-14-3-5-15(6-4-14)30-23(36)19-12-38-34-32-19/h7-15,28H,1-6H2,(H,29,33)(H,30,36)(H,26,31,37)/t14-,15-. The van der Waals surface area contributed by atoms with E-state index in [1.165, 1.54) is 23.0 Å². The van der Waals surface area contributed by atoms with Crippen molar-refractivity contribution in [2.45, 2.75) is 56.7 Å². The van der Waals surface area contributed by atoms with Crippen LogP contribution in [0.5, 0.6) is 0 Å². The summed E-state index contributed by atoms with van der Waals surface area (Å²) in [5.41, 5.74) is 1.85. The van der Waals surface area contributed by atoms with Gasteiger partial charge in [0.1, 0.15) is 5.82 Å². The molecule has 0 unspecified atom stereocenters. The van der Waals surface area contributed by atoms with Gasteiger partial charge < -0.3 is 21.3 Å². The Morgan fingerprint density at radius 2 is 1.74 bits per heavy atom. The summed E-state index contributed by atoms with van der Waals surface area (Å²) in [6, 6.07) is 3.88. The summed E-state index contributed by atoms with van der Waals surface area (Å²) in [7, 11) is 0. The molecule has 4 N–H and O–H groups in total. The molecule has 2 amide bonds. The van der Waals surface area contributed by atoms with Crippen molar-refractivity contribution in [2.24, 2.45) is 0 Å². The molecule has 0 saturated heterocycles. The second kappa shape index (κ2) is 10.3. The van der Waals surface area contributed by atoms with Crippen LogP contribution in [0.3, 0.4) is 0 Å². The number of carbonyl (C=O) groups excluding carboxylic acids is 2. The molecule has 4 aromatic rings. The van der Waals surface area contributed by atoms with Crippen LogP contribution in [0.15, 0.2) is 36.1 Å². The van der Waals surface area contributed by atoms with Crippen LogP contribution in [-0.4, -0.2) is 59.1 Å². The van der Waals surface area contributed by atoms with Crippen LogP contribution in [0.4, 0.5) is 21.6 Å². The third-order valence-electron chi connectivity index (χ3n) is 6.66. The first-order valence-electron chi connectivity index (χ1n) is 12.4. The molecule has 2 fully saturated rings. The van der Waals surface area contributed by atoms with Gasteiger partial charge in [0.25, 0.3) is 11.8 Å². The lowest BCUT2D eigenvalue weighted by Crippen LogP contribution is -2.40. The number of halogens is 1. The predicted molar refractivity (Wildman–Crippen MR) is 139 cm³/mol. The predicted octanol–water partition coefficient (Wildman–Crippen LogP) is 3.09. The molecule has 0 aromatic carbocycles. The second-order valence-electron chi connectivity index (χ2n) is 9.51. The average Bonchev–Trinajstić information content (AvgIpc) is 3.37. The summed E-state index contributed by atoms with van der Waals surface area (Å²) in [5.74, 6) is -0.758. The number of fused-ring (bicyclic) bond motifs is 1. The Balaban J connectivity index is 1.18. The Hall–Kier alpha value is -4.20. The zero-order chi connectivity index (χ0) is 26.1. The topological polar surface area (TPSA) is 151 Å². The number of nitrogens with one attached hydrogen (secondary N) is 4. The number of imidazole rings is 1. The highest BCUT2D eigenvalue weighted by Crippen LogP contribution is 2.30. The first kappa shape index (κ1) is 24.2. The molecule has 0 bridgehead atoms. The molecule has 0 spiro atoms. The summed E-state index contributed by atoms with van der Waals surface area (Å²) in [6.07, 6.45) is 9.32. The van der Waals surface area contributed by atoms with Gasteiger partial charge in [-0.3, -0.25) is 14.6 Å². The number of hydrogen-bond acceptors (Lipinski definition) is 10. The van der Waals surface area contributed by atoms with Gasteiger partial charge in [-0.2, -0.15) is 0 Å². The summed E-state index contributed by atoms with van der Waals surface area (Å²) < 4.78 is 19.3. The quantitative estimate of drug-likeness (QED) is 0.266. The maximum atomic E-state index is 14.0. The van der Waals surface area contributed by atoms with Gasteiger partial charge in [-0.1, -0.05) is 4.49 Å². The van der Waals surface area contributed by atoms with E-state index in [4.69, 9.17) is 0 Å². The lowest BCUT2D eigenvalue weighted by molar-refractivity contribution is 0.0920. The number of rotatable bonds is 8. The smallest absolute Gasteiger partial charge is 0.276 e. The molecule has 2 aliphatic carbocycles. The molecular weight excluding hydrogens is 511 g/mol. The van der Waals surface area contributed by atoms with E-state index in [1.54, 1.807) is 5.38 Å². The van der Waals surface area contributed by atoms with Crippen molar-refractivity contribution in [3.05, 3.63) is 53.3 Å². The number of nitrogens with zero attached hydrogens (tertiary/aromatic N) is 6. The summed E-state index contributed by atoms with van der Waals surface area (Å²) >= 11 is 1.15. The van der Waals surface area contributed by atoms with Gasteiger partial charge in [-0.15, -0.1) is 10.2 Å². The zero-order valence-electron chi connectivity index (χ0n) is 20.2. The maximum Gasteiger partial charge on any atom is 0.276 e. The molecule has 4 heterocycles. The van der Waals surface area contributed by atoms with Crippen LogP contribution in [0, 0.1) is 5.82 Å². The molecule has 2 saturated carbocycles. The number of aromatic nitrogens is 6. The van der Waals surface area contributed by atoms with E-state index in [0.29, 0.717) is 23.2 Å². The van der Waals surface area contributed by atoms with Crippen LogP contribution < -0.4 is 21.3 Å². The highest BCUT2D eigenvalue weighted by molar-refractivity contribution is 7.03. The van der Waals surface area contributed by atoms with E-state index in [9.17, 15) is 14.0 Å². The van der Waals surface area contributed by atoms with Gasteiger partial charge in [0.15, 0.2) is 22.9 Å². The van der Waals surface area contributed by atoms with Crippen LogP contribution in [0.2, 0.25) is 0 Å². The van der Waals surface area contributed by atoms with Crippen LogP contribution in [-0.2, 0) is 0 Å². The maximum absolute atomic E-state index is 14.0. The molecule has 12 nitrogen and oxygen atoms in total. The molecule has 38 heavy (non-hydrogen) atoms. The summed E-state index contributed by atoms with van der Waals surface area (Å²) in [4.78, 5) is 33.4. The van der Waals surface area contributed by atoms with Crippen LogP contribution in [0.25, 0.3) is 5.65 Å². The van der Waals surface area contributed by atoms with Gasteiger partial charge in [0.05, 0.1) is 23.8 Å². The lowest BCUT2D eigenvalue weighted by atomic mass is 9.91. The Morgan fingerprint density at radius 3 is 2.47 bits per heavy atom. The minimum atomic E-state index is -0.629. The van der Waals surface area contributed by atoms with Crippen molar-refractivity contribution in [3.8, 4) is 0 Å². The highest BCUT2D eigenvalue weighted by atomic mass is 32.1. The third-order valence-corrected chi connectivity index (χ3v) is 7.17. The van der Waals surface area contributed by atoms with Crippen molar-refractivity contribution in [1.82, 2.24) is 34.5 Å². The first-order valence-corrected chi connectivity index (χ1v) is 13.3. The van der Waals surface area contributed by atoms with E-state index in [2.05, 4.69) is 45.9 Å². The molecular formula is C24H25FN10O2S. The Kier molecular flexibility index (Phi) is 6.54. The molecule has 4 aromatic heterocycles. The first-order chi connectivity index (χ1) is 18.5. The van der Waals surface area contributed by atoms with E-state index >= 15 is 0 Å². The van der Waals surface area contributed by atoms with Crippen molar-refractivity contribution in [3.63, 3.8) is 0 Å². The normalized spacial score (nSPS) is 19.2. The van der Waals surface area contributed by atoms with Crippen molar-refractivity contribution in [2.75, 3.05) is 16.0 Å². The van der Waals surface area contributed by atoms with Gasteiger partial charge in [-0.05, 0) is 56.1 Å². The molecule has 14 heteroatoms. The van der Waals surface area contributed by atoms with Crippen LogP contribution >= 0.6 is 11.5 Å². The average molecular weight is 537 g/mol. The fourth-order valence-corrected chi connectivity index (χ4v) is 4.96. The summed E-state index contributed by atoms with van der Waals surface area (Å²) in [5, 5.41) is 22.7. The summed E-state index contributed by atoms with van der Waals surface area (Å²) in [6.45, 7) is 0. The molecule has 0 radical (unpaired) electrons. The fourth-order valence-electron chi connectivity index (χ4n) is 4.52. The van der Waals surface area contributed by atoms with E-state index in [0.717, 1.165) is 61.9 Å². The minimum Gasteiger partial charge on any atom is -0.379 e. The highest BCUT2D eigenvalue weighted by Gasteiger charge is 2.27. The molecule has 0 aliphatic heterocycles.